The molecule has 0 saturated carbocycles. The van der Waals surface area contributed by atoms with Gasteiger partial charge in [0.1, 0.15) is 22.8 Å². The molecule has 0 unspecified atom stereocenters. The van der Waals surface area contributed by atoms with Gasteiger partial charge in [0.2, 0.25) is 0 Å². The summed E-state index contributed by atoms with van der Waals surface area (Å²) in [5.74, 6) is -0.659. The minimum absolute atomic E-state index is 0.142. The molecule has 0 aliphatic heterocycles. The average Bonchev–Trinajstić information content (AvgIpc) is 3.50. The van der Waals surface area contributed by atoms with Crippen LogP contribution < -0.4 is 5.32 Å². The smallest absolute Gasteiger partial charge is 0.135 e. The maximum absolute atomic E-state index is 14.0. The highest BCUT2D eigenvalue weighted by molar-refractivity contribution is 6.00. The van der Waals surface area contributed by atoms with Gasteiger partial charge in [-0.15, -0.1) is 0 Å². The van der Waals surface area contributed by atoms with Gasteiger partial charge in [-0.1, -0.05) is 6.92 Å². The summed E-state index contributed by atoms with van der Waals surface area (Å²) >= 11 is 0. The fourth-order valence-electron chi connectivity index (χ4n) is 4.38. The lowest BCUT2D eigenvalue weighted by Crippen LogP contribution is -2.11. The lowest BCUT2D eigenvalue weighted by molar-refractivity contribution is 0.469. The first-order valence-corrected chi connectivity index (χ1v) is 11.6. The van der Waals surface area contributed by atoms with Crippen molar-refractivity contribution in [2.75, 3.05) is 6.54 Å². The second-order valence-electron chi connectivity index (χ2n) is 8.56. The number of rotatable bonds is 6. The molecule has 5 heterocycles. The molecule has 0 bridgehead atoms. The summed E-state index contributed by atoms with van der Waals surface area (Å²) in [6.07, 6.45) is 7.01. The number of pyridine rings is 3. The SMILES string of the molecule is CCNCc1cncc(-c2ccc3[nH]nc(-c4cc5c(-c6cc(O)cc(F)c6)cncc5[nH]4)c3n2)c1. The summed E-state index contributed by atoms with van der Waals surface area (Å²) in [5.41, 5.74) is 7.73. The Bertz CT molecular complexity index is 1700. The molecule has 8 nitrogen and oxygen atoms in total. The molecule has 1 aromatic carbocycles. The van der Waals surface area contributed by atoms with Crippen molar-refractivity contribution < 1.29 is 9.50 Å². The first kappa shape index (κ1) is 21.9. The van der Waals surface area contributed by atoms with Gasteiger partial charge in [-0.3, -0.25) is 15.1 Å². The topological polar surface area (TPSA) is 115 Å². The van der Waals surface area contributed by atoms with Gasteiger partial charge in [0, 0.05) is 47.7 Å². The molecule has 0 aliphatic rings. The van der Waals surface area contributed by atoms with E-state index in [1.54, 1.807) is 18.6 Å². The lowest BCUT2D eigenvalue weighted by atomic mass is 10.0. The van der Waals surface area contributed by atoms with E-state index in [0.717, 1.165) is 58.1 Å². The number of aromatic hydroxyl groups is 1. The zero-order chi connectivity index (χ0) is 24.6. The van der Waals surface area contributed by atoms with Gasteiger partial charge < -0.3 is 15.4 Å². The van der Waals surface area contributed by atoms with Crippen LogP contribution >= 0.6 is 0 Å². The van der Waals surface area contributed by atoms with Crippen LogP contribution in [0.2, 0.25) is 0 Å². The monoisotopic (exact) mass is 479 g/mol. The molecule has 0 fully saturated rings. The average molecular weight is 480 g/mol. The molecule has 178 valence electrons. The van der Waals surface area contributed by atoms with Crippen molar-refractivity contribution in [1.29, 1.82) is 0 Å². The Labute approximate surface area is 205 Å². The minimum atomic E-state index is -0.517. The largest absolute Gasteiger partial charge is 0.508 e. The molecule has 0 aliphatic carbocycles. The van der Waals surface area contributed by atoms with E-state index in [-0.39, 0.29) is 5.75 Å². The van der Waals surface area contributed by atoms with Crippen molar-refractivity contribution in [3.05, 3.63) is 78.6 Å². The molecule has 5 aromatic heterocycles. The highest BCUT2D eigenvalue weighted by Crippen LogP contribution is 2.35. The van der Waals surface area contributed by atoms with Crippen LogP contribution in [0.3, 0.4) is 0 Å². The molecule has 0 atom stereocenters. The number of hydrogen-bond acceptors (Lipinski definition) is 6. The molecule has 6 aromatic rings. The standard InChI is InChI=1S/C27H22FN7O/c1-2-29-10-15-5-17(12-30-11-15)22-3-4-23-26(33-22)27(35-34-23)24-9-20-21(13-31-14-25(20)32-24)16-6-18(28)8-19(36)7-16/h3-9,11-14,29,32,36H,2,10H2,1H3,(H,34,35). The van der Waals surface area contributed by atoms with E-state index in [0.29, 0.717) is 22.3 Å². The zero-order valence-corrected chi connectivity index (χ0v) is 19.4. The van der Waals surface area contributed by atoms with Gasteiger partial charge in [0.15, 0.2) is 0 Å². The number of H-pyrrole nitrogens is 2. The van der Waals surface area contributed by atoms with Gasteiger partial charge in [-0.2, -0.15) is 5.10 Å². The maximum Gasteiger partial charge on any atom is 0.135 e. The molecule has 0 amide bonds. The van der Waals surface area contributed by atoms with Gasteiger partial charge in [0.05, 0.1) is 28.6 Å². The van der Waals surface area contributed by atoms with Crippen LogP contribution in [-0.4, -0.2) is 41.8 Å². The third-order valence-electron chi connectivity index (χ3n) is 6.07. The van der Waals surface area contributed by atoms with Gasteiger partial charge in [-0.05, 0) is 54.1 Å². The van der Waals surface area contributed by atoms with E-state index >= 15 is 0 Å². The van der Waals surface area contributed by atoms with Crippen molar-refractivity contribution in [3.63, 3.8) is 0 Å². The Morgan fingerprint density at radius 1 is 0.944 bits per heavy atom. The summed E-state index contributed by atoms with van der Waals surface area (Å²) in [5, 5.41) is 21.6. The van der Waals surface area contributed by atoms with Crippen LogP contribution in [0.4, 0.5) is 4.39 Å². The van der Waals surface area contributed by atoms with E-state index in [2.05, 4.69) is 43.5 Å². The first-order valence-electron chi connectivity index (χ1n) is 11.6. The second kappa shape index (κ2) is 8.86. The number of fused-ring (bicyclic) bond motifs is 2. The van der Waals surface area contributed by atoms with E-state index in [1.165, 1.54) is 12.1 Å². The molecule has 6 rings (SSSR count). The Hall–Kier alpha value is -4.63. The quantitative estimate of drug-likeness (QED) is 0.262. The van der Waals surface area contributed by atoms with Crippen LogP contribution in [0, 0.1) is 5.82 Å². The number of nitrogens with zero attached hydrogens (tertiary/aromatic N) is 4. The summed E-state index contributed by atoms with van der Waals surface area (Å²) in [6, 6.07) is 11.9. The number of phenols is 1. The Morgan fingerprint density at radius 3 is 2.69 bits per heavy atom. The van der Waals surface area contributed by atoms with E-state index < -0.39 is 5.82 Å². The summed E-state index contributed by atoms with van der Waals surface area (Å²) in [4.78, 5) is 16.9. The molecule has 4 N–H and O–H groups in total. The maximum atomic E-state index is 14.0. The zero-order valence-electron chi connectivity index (χ0n) is 19.4. The summed E-state index contributed by atoms with van der Waals surface area (Å²) in [7, 11) is 0. The number of halogens is 1. The fraction of sp³-hybridized carbons (Fsp3) is 0.111. The number of phenolic OH excluding ortho intramolecular Hbond substituents is 1. The highest BCUT2D eigenvalue weighted by Gasteiger charge is 2.16. The van der Waals surface area contributed by atoms with Crippen molar-refractivity contribution in [1.82, 2.24) is 35.5 Å². The molecule has 0 spiro atoms. The number of hydrogen-bond donors (Lipinski definition) is 4. The minimum Gasteiger partial charge on any atom is -0.508 e. The molecule has 9 heteroatoms. The van der Waals surface area contributed by atoms with Crippen molar-refractivity contribution in [2.45, 2.75) is 13.5 Å². The number of nitrogens with one attached hydrogen (secondary N) is 3. The lowest BCUT2D eigenvalue weighted by Gasteiger charge is -2.05. The van der Waals surface area contributed by atoms with Crippen molar-refractivity contribution in [3.8, 4) is 39.5 Å². The fourth-order valence-corrected chi connectivity index (χ4v) is 4.38. The Morgan fingerprint density at radius 2 is 1.83 bits per heavy atom. The molecule has 36 heavy (non-hydrogen) atoms. The Balaban J connectivity index is 1.44. The van der Waals surface area contributed by atoms with Gasteiger partial charge >= 0.3 is 0 Å². The van der Waals surface area contributed by atoms with Gasteiger partial charge in [0.25, 0.3) is 0 Å². The molecule has 0 radical (unpaired) electrons. The predicted octanol–water partition coefficient (Wildman–Crippen LogP) is 5.18. The van der Waals surface area contributed by atoms with Gasteiger partial charge in [-0.25, -0.2) is 9.37 Å². The first-order chi connectivity index (χ1) is 17.6. The van der Waals surface area contributed by atoms with Crippen LogP contribution in [-0.2, 0) is 6.54 Å². The number of aromatic amines is 2. The highest BCUT2D eigenvalue weighted by atomic mass is 19.1. The van der Waals surface area contributed by atoms with Crippen LogP contribution in [0.25, 0.3) is 55.7 Å². The van der Waals surface area contributed by atoms with Crippen molar-refractivity contribution in [2.24, 2.45) is 0 Å². The van der Waals surface area contributed by atoms with E-state index in [4.69, 9.17) is 4.98 Å². The van der Waals surface area contributed by atoms with Crippen LogP contribution in [0.5, 0.6) is 5.75 Å². The number of aromatic nitrogens is 6. The van der Waals surface area contributed by atoms with E-state index in [9.17, 15) is 9.50 Å². The summed E-state index contributed by atoms with van der Waals surface area (Å²) in [6.45, 7) is 3.69. The molecule has 0 saturated heterocycles. The third kappa shape index (κ3) is 3.95. The second-order valence-corrected chi connectivity index (χ2v) is 8.56. The normalized spacial score (nSPS) is 11.5. The van der Waals surface area contributed by atoms with Crippen LogP contribution in [0.15, 0.2) is 67.3 Å². The van der Waals surface area contributed by atoms with Crippen LogP contribution in [0.1, 0.15) is 12.5 Å². The Kier molecular flexibility index (Phi) is 5.38. The summed E-state index contributed by atoms with van der Waals surface area (Å²) < 4.78 is 14.0. The molecular weight excluding hydrogens is 457 g/mol. The molecular formula is C27H22FN7O. The number of benzene rings is 1. The predicted molar refractivity (Wildman–Crippen MR) is 137 cm³/mol. The van der Waals surface area contributed by atoms with E-state index in [1.807, 2.05) is 24.4 Å². The van der Waals surface area contributed by atoms with Crippen molar-refractivity contribution >= 4 is 21.9 Å². The third-order valence-corrected chi connectivity index (χ3v) is 6.07.